The van der Waals surface area contributed by atoms with Crippen LogP contribution < -0.4 is 19.7 Å². The first-order chi connectivity index (χ1) is 15.2. The van der Waals surface area contributed by atoms with Crippen molar-refractivity contribution in [2.45, 2.75) is 58.6 Å². The second-order valence-electron chi connectivity index (χ2n) is 8.25. The highest BCUT2D eigenvalue weighted by atomic mass is 16.5. The van der Waals surface area contributed by atoms with Crippen LogP contribution in [0.25, 0.3) is 11.3 Å². The van der Waals surface area contributed by atoms with E-state index >= 15 is 0 Å². The molecule has 1 unspecified atom stereocenters. The zero-order valence-corrected chi connectivity index (χ0v) is 19.2. The monoisotopic (exact) mass is 426 g/mol. The summed E-state index contributed by atoms with van der Waals surface area (Å²) in [7, 11) is 3.39. The Labute approximate surface area is 184 Å². The number of pyridine rings is 1. The molecule has 0 saturated carbocycles. The van der Waals surface area contributed by atoms with Gasteiger partial charge in [0.1, 0.15) is 11.2 Å². The lowest BCUT2D eigenvalue weighted by Crippen LogP contribution is -2.29. The fourth-order valence-corrected chi connectivity index (χ4v) is 4.59. The molecule has 6 heteroatoms. The quantitative estimate of drug-likeness (QED) is 0.591. The molecule has 4 rings (SSSR count). The third-order valence-electron chi connectivity index (χ3n) is 6.26. The van der Waals surface area contributed by atoms with Gasteiger partial charge in [-0.1, -0.05) is 13.3 Å². The molecule has 0 bridgehead atoms. The number of methoxy groups -OCH3 is 2. The lowest BCUT2D eigenvalue weighted by molar-refractivity contribution is 0.117. The predicted octanol–water partition coefficient (Wildman–Crippen LogP) is 4.30. The van der Waals surface area contributed by atoms with Crippen LogP contribution in [0, 0.1) is 6.92 Å². The minimum absolute atomic E-state index is 0.224. The maximum Gasteiger partial charge on any atom is 0.164 e. The predicted molar refractivity (Wildman–Crippen MR) is 121 cm³/mol. The third-order valence-corrected chi connectivity index (χ3v) is 6.26. The van der Waals surface area contributed by atoms with Crippen LogP contribution in [0.1, 0.15) is 43.7 Å². The number of fused-ring (bicyclic) bond motifs is 3. The molecule has 1 aromatic heterocycles. The van der Waals surface area contributed by atoms with Crippen molar-refractivity contribution in [2.24, 2.45) is 4.99 Å². The highest BCUT2D eigenvalue weighted by Gasteiger charge is 2.25. The van der Waals surface area contributed by atoms with Crippen LogP contribution in [-0.2, 0) is 17.7 Å². The van der Waals surface area contributed by atoms with E-state index in [9.17, 15) is 0 Å². The van der Waals surface area contributed by atoms with E-state index in [1.165, 1.54) is 5.56 Å². The minimum atomic E-state index is 0.224. The number of aromatic nitrogens is 1. The van der Waals surface area contributed by atoms with Crippen LogP contribution in [0.4, 0.5) is 0 Å². The zero-order valence-electron chi connectivity index (χ0n) is 19.2. The molecule has 1 saturated heterocycles. The molecule has 1 atom stereocenters. The number of ether oxygens (including phenoxy) is 4. The van der Waals surface area contributed by atoms with E-state index in [4.69, 9.17) is 23.9 Å². The summed E-state index contributed by atoms with van der Waals surface area (Å²) in [5, 5.41) is 0. The number of unbranched alkanes of at least 4 members (excludes halogenated alkanes) is 1. The van der Waals surface area contributed by atoms with Gasteiger partial charge in [0.05, 0.1) is 39.2 Å². The summed E-state index contributed by atoms with van der Waals surface area (Å²) in [6, 6.07) is 6.23. The molecule has 2 aromatic rings. The van der Waals surface area contributed by atoms with Crippen molar-refractivity contribution in [3.63, 3.8) is 0 Å². The highest BCUT2D eigenvalue weighted by molar-refractivity contribution is 5.75. The van der Waals surface area contributed by atoms with E-state index in [2.05, 4.69) is 30.5 Å². The lowest BCUT2D eigenvalue weighted by atomic mass is 9.93. The van der Waals surface area contributed by atoms with Gasteiger partial charge < -0.3 is 23.5 Å². The molecule has 0 N–H and O–H groups in total. The average molecular weight is 427 g/mol. The van der Waals surface area contributed by atoms with Gasteiger partial charge in [0.15, 0.2) is 11.5 Å². The number of rotatable bonds is 8. The van der Waals surface area contributed by atoms with Crippen molar-refractivity contribution in [2.75, 3.05) is 34.0 Å². The molecule has 0 aliphatic carbocycles. The topological polar surface area (TPSA) is 54.2 Å². The number of nitrogens with zero attached hydrogens (tertiary/aromatic N) is 2. The highest BCUT2D eigenvalue weighted by Crippen LogP contribution is 2.42. The van der Waals surface area contributed by atoms with E-state index in [1.807, 2.05) is 6.07 Å². The Bertz CT molecular complexity index is 990. The Morgan fingerprint density at radius 2 is 2.06 bits per heavy atom. The first-order valence-electron chi connectivity index (χ1n) is 11.4. The number of hydrogen-bond donors (Lipinski definition) is 0. The Morgan fingerprint density at radius 1 is 1.19 bits per heavy atom. The second kappa shape index (κ2) is 9.77. The van der Waals surface area contributed by atoms with Gasteiger partial charge in [-0.15, -0.1) is 0 Å². The molecule has 3 heterocycles. The van der Waals surface area contributed by atoms with Gasteiger partial charge in [-0.25, -0.2) is 0 Å². The van der Waals surface area contributed by atoms with Crippen molar-refractivity contribution in [3.8, 4) is 28.5 Å². The molecule has 6 nitrogen and oxygen atoms in total. The van der Waals surface area contributed by atoms with E-state index in [1.54, 1.807) is 14.2 Å². The summed E-state index contributed by atoms with van der Waals surface area (Å²) in [6.07, 6.45) is 5.44. The molecule has 0 radical (unpaired) electrons. The van der Waals surface area contributed by atoms with Crippen LogP contribution in [-0.4, -0.2) is 44.6 Å². The van der Waals surface area contributed by atoms with Gasteiger partial charge in [-0.2, -0.15) is 0 Å². The van der Waals surface area contributed by atoms with Gasteiger partial charge in [0.25, 0.3) is 0 Å². The minimum Gasteiger partial charge on any atom is -0.493 e. The van der Waals surface area contributed by atoms with Crippen molar-refractivity contribution in [3.05, 3.63) is 34.8 Å². The van der Waals surface area contributed by atoms with Crippen LogP contribution >= 0.6 is 0 Å². The number of hydrogen-bond acceptors (Lipinski definition) is 5. The molecule has 1 aromatic carbocycles. The molecule has 0 amide bonds. The number of benzene rings is 1. The average Bonchev–Trinajstić information content (AvgIpc) is 3.32. The van der Waals surface area contributed by atoms with E-state index in [0.29, 0.717) is 13.2 Å². The van der Waals surface area contributed by atoms with E-state index in [-0.39, 0.29) is 6.10 Å². The van der Waals surface area contributed by atoms with Crippen molar-refractivity contribution < 1.29 is 18.9 Å². The van der Waals surface area contributed by atoms with Crippen molar-refractivity contribution >= 4 is 0 Å². The summed E-state index contributed by atoms with van der Waals surface area (Å²) >= 11 is 0. The summed E-state index contributed by atoms with van der Waals surface area (Å²) in [4.78, 5) is 4.98. The molecule has 2 aliphatic rings. The lowest BCUT2D eigenvalue weighted by Gasteiger charge is -2.28. The Morgan fingerprint density at radius 3 is 2.77 bits per heavy atom. The van der Waals surface area contributed by atoms with Gasteiger partial charge in [0, 0.05) is 35.9 Å². The summed E-state index contributed by atoms with van der Waals surface area (Å²) in [5.74, 6) is 2.50. The molecule has 2 aliphatic heterocycles. The normalized spacial score (nSPS) is 17.9. The summed E-state index contributed by atoms with van der Waals surface area (Å²) < 4.78 is 25.6. The molecular formula is C25H34N2O4. The third kappa shape index (κ3) is 4.31. The largest absolute Gasteiger partial charge is 0.493 e. The van der Waals surface area contributed by atoms with Gasteiger partial charge in [-0.05, 0) is 44.7 Å². The smallest absolute Gasteiger partial charge is 0.164 e. The standard InChI is InChI=1S/C25H34N2O4/c1-5-6-13-31-22-15-23(26-16-18-8-7-14-30-18)27-12-11-20-19(24(27)17(22)2)9-10-21(28-3)25(20)29-4/h9-10,15,18H,5-8,11-14,16H2,1-4H3/b26-23+. The van der Waals surface area contributed by atoms with Crippen molar-refractivity contribution in [1.82, 2.24) is 4.57 Å². The summed E-state index contributed by atoms with van der Waals surface area (Å²) in [5.41, 5.74) is 5.60. The van der Waals surface area contributed by atoms with Gasteiger partial charge in [-0.3, -0.25) is 4.99 Å². The zero-order chi connectivity index (χ0) is 21.8. The molecule has 31 heavy (non-hydrogen) atoms. The second-order valence-corrected chi connectivity index (χ2v) is 8.25. The van der Waals surface area contributed by atoms with E-state index < -0.39 is 0 Å². The Hall–Kier alpha value is -2.47. The SMILES string of the molecule is CCCCOc1c/c(=N\CC2CCCO2)n2c(c1C)-c1ccc(OC)c(OC)c1CC2. The van der Waals surface area contributed by atoms with Crippen LogP contribution in [0.5, 0.6) is 17.2 Å². The van der Waals surface area contributed by atoms with Crippen LogP contribution in [0.15, 0.2) is 23.2 Å². The first kappa shape index (κ1) is 21.8. The molecule has 168 valence electrons. The summed E-state index contributed by atoms with van der Waals surface area (Å²) in [6.45, 7) is 7.41. The molecular weight excluding hydrogens is 392 g/mol. The van der Waals surface area contributed by atoms with Crippen molar-refractivity contribution in [1.29, 1.82) is 0 Å². The van der Waals surface area contributed by atoms with Gasteiger partial charge >= 0.3 is 0 Å². The van der Waals surface area contributed by atoms with Crippen LogP contribution in [0.3, 0.4) is 0 Å². The molecule has 0 spiro atoms. The fourth-order valence-electron chi connectivity index (χ4n) is 4.59. The Balaban J connectivity index is 1.84. The first-order valence-corrected chi connectivity index (χ1v) is 11.4. The fraction of sp³-hybridized carbons (Fsp3) is 0.560. The van der Waals surface area contributed by atoms with Gasteiger partial charge in [0.2, 0.25) is 0 Å². The maximum atomic E-state index is 6.21. The molecule has 1 fully saturated rings. The van der Waals surface area contributed by atoms with Crippen LogP contribution in [0.2, 0.25) is 0 Å². The van der Waals surface area contributed by atoms with E-state index in [0.717, 1.165) is 84.8 Å². The maximum absolute atomic E-state index is 6.21. The Kier molecular flexibility index (Phi) is 6.86.